The third-order valence-corrected chi connectivity index (χ3v) is 4.26. The molecule has 1 unspecified atom stereocenters. The highest BCUT2D eigenvalue weighted by Crippen LogP contribution is 2.23. The number of aryl methyl sites for hydroxylation is 1. The fourth-order valence-electron chi connectivity index (χ4n) is 2.90. The molecule has 1 saturated heterocycles. The van der Waals surface area contributed by atoms with Gasteiger partial charge in [0.1, 0.15) is 18.2 Å². The highest BCUT2D eigenvalue weighted by atomic mass is 16.5. The monoisotopic (exact) mass is 288 g/mol. The van der Waals surface area contributed by atoms with Crippen molar-refractivity contribution in [3.8, 4) is 11.9 Å². The molecule has 21 heavy (non-hydrogen) atoms. The average molecular weight is 288 g/mol. The molecule has 1 aromatic heterocycles. The van der Waals surface area contributed by atoms with Gasteiger partial charge in [0, 0.05) is 6.04 Å². The number of piperidine rings is 1. The average Bonchev–Trinajstić information content (AvgIpc) is 2.52. The topological polar surface area (TPSA) is 62.0 Å². The van der Waals surface area contributed by atoms with E-state index in [1.165, 1.54) is 12.8 Å². The van der Waals surface area contributed by atoms with Gasteiger partial charge in [-0.3, -0.25) is 0 Å². The quantitative estimate of drug-likeness (QED) is 0.832. The summed E-state index contributed by atoms with van der Waals surface area (Å²) in [6.07, 6.45) is 5.20. The lowest BCUT2D eigenvalue weighted by atomic mass is 10.0. The molecule has 0 saturated carbocycles. The highest BCUT2D eigenvalue weighted by Gasteiger charge is 2.21. The number of aromatic nitrogens is 2. The van der Waals surface area contributed by atoms with Crippen LogP contribution < -0.4 is 4.74 Å². The Balaban J connectivity index is 2.14. The van der Waals surface area contributed by atoms with Crippen molar-refractivity contribution in [2.24, 2.45) is 0 Å². The molecule has 0 spiro atoms. The molecule has 1 aliphatic heterocycles. The third-order valence-electron chi connectivity index (χ3n) is 4.26. The number of hydrogen-bond acceptors (Lipinski definition) is 5. The van der Waals surface area contributed by atoms with E-state index in [-0.39, 0.29) is 0 Å². The summed E-state index contributed by atoms with van der Waals surface area (Å²) < 4.78 is 5.84. The van der Waals surface area contributed by atoms with Crippen LogP contribution in [0.3, 0.4) is 0 Å². The summed E-state index contributed by atoms with van der Waals surface area (Å²) >= 11 is 0. The maximum Gasteiger partial charge on any atom is 0.251 e. The normalized spacial score (nSPS) is 19.2. The van der Waals surface area contributed by atoms with Gasteiger partial charge in [-0.2, -0.15) is 10.4 Å². The molecule has 2 rings (SSSR count). The third kappa shape index (κ3) is 3.51. The predicted molar refractivity (Wildman–Crippen MR) is 81.3 cm³/mol. The predicted octanol–water partition coefficient (Wildman–Crippen LogP) is 2.34. The zero-order valence-electron chi connectivity index (χ0n) is 13.2. The van der Waals surface area contributed by atoms with E-state index in [4.69, 9.17) is 4.74 Å². The van der Waals surface area contributed by atoms with E-state index in [1.54, 1.807) is 0 Å². The highest BCUT2D eigenvalue weighted by molar-refractivity contribution is 5.46. The van der Waals surface area contributed by atoms with Crippen molar-refractivity contribution in [2.45, 2.75) is 52.0 Å². The molecule has 5 nitrogen and oxygen atoms in total. The van der Waals surface area contributed by atoms with E-state index in [1.807, 2.05) is 13.8 Å². The van der Waals surface area contributed by atoms with Gasteiger partial charge >= 0.3 is 0 Å². The molecule has 1 atom stereocenters. The lowest BCUT2D eigenvalue weighted by molar-refractivity contribution is 0.121. The van der Waals surface area contributed by atoms with E-state index < -0.39 is 0 Å². The number of nitrogens with zero attached hydrogens (tertiary/aromatic N) is 4. The first-order chi connectivity index (χ1) is 10.2. The second-order valence-electron chi connectivity index (χ2n) is 5.57. The van der Waals surface area contributed by atoms with Crippen molar-refractivity contribution in [1.29, 1.82) is 5.26 Å². The van der Waals surface area contributed by atoms with Crippen LogP contribution in [0.4, 0.5) is 0 Å². The SMILES string of the molecule is CCc1nnc(OCC2CCCCN2C)c(C#N)c1CC. The van der Waals surface area contributed by atoms with E-state index in [9.17, 15) is 5.26 Å². The molecule has 0 amide bonds. The van der Waals surface area contributed by atoms with E-state index in [0.29, 0.717) is 24.1 Å². The number of rotatable bonds is 5. The molecular formula is C16H24N4O. The number of hydrogen-bond donors (Lipinski definition) is 0. The van der Waals surface area contributed by atoms with Crippen LogP contribution >= 0.6 is 0 Å². The van der Waals surface area contributed by atoms with Crippen LogP contribution in [0.15, 0.2) is 0 Å². The summed E-state index contributed by atoms with van der Waals surface area (Å²) in [6.45, 7) is 5.76. The standard InChI is InChI=1S/C16H24N4O/c1-4-13-14(10-17)16(19-18-15(13)5-2)21-11-12-8-6-7-9-20(12)3/h12H,4-9,11H2,1-3H3. The van der Waals surface area contributed by atoms with Crippen LogP contribution in [0.2, 0.25) is 0 Å². The van der Waals surface area contributed by atoms with Crippen molar-refractivity contribution in [3.05, 3.63) is 16.8 Å². The molecule has 114 valence electrons. The van der Waals surface area contributed by atoms with Gasteiger partial charge in [0.15, 0.2) is 0 Å². The molecule has 1 fully saturated rings. The number of ether oxygens (including phenoxy) is 1. The molecule has 1 aliphatic rings. The summed E-state index contributed by atoms with van der Waals surface area (Å²) in [4.78, 5) is 2.32. The number of likely N-dealkylation sites (tertiary alicyclic amines) is 1. The summed E-state index contributed by atoms with van der Waals surface area (Å²) in [6, 6.07) is 2.65. The Hall–Kier alpha value is -1.67. The smallest absolute Gasteiger partial charge is 0.251 e. The van der Waals surface area contributed by atoms with Crippen molar-refractivity contribution >= 4 is 0 Å². The minimum atomic E-state index is 0.394. The van der Waals surface area contributed by atoms with Crippen LogP contribution in [0, 0.1) is 11.3 Å². The van der Waals surface area contributed by atoms with E-state index in [0.717, 1.165) is 37.1 Å². The van der Waals surface area contributed by atoms with Crippen LogP contribution in [0.1, 0.15) is 49.9 Å². The van der Waals surface area contributed by atoms with Gasteiger partial charge < -0.3 is 9.64 Å². The first-order valence-electron chi connectivity index (χ1n) is 7.82. The Bertz CT molecular complexity index is 524. The largest absolute Gasteiger partial charge is 0.474 e. The van der Waals surface area contributed by atoms with Gasteiger partial charge in [0.2, 0.25) is 0 Å². The molecule has 0 radical (unpaired) electrons. The van der Waals surface area contributed by atoms with Gasteiger partial charge in [-0.15, -0.1) is 5.10 Å². The zero-order chi connectivity index (χ0) is 15.2. The lowest BCUT2D eigenvalue weighted by Crippen LogP contribution is -2.40. The second kappa shape index (κ2) is 7.37. The van der Waals surface area contributed by atoms with Crippen molar-refractivity contribution in [3.63, 3.8) is 0 Å². The molecule has 0 aliphatic carbocycles. The van der Waals surface area contributed by atoms with Crippen molar-refractivity contribution in [1.82, 2.24) is 15.1 Å². The molecule has 1 aromatic rings. The molecule has 5 heteroatoms. The molecule has 0 bridgehead atoms. The number of likely N-dealkylation sites (N-methyl/N-ethyl adjacent to an activating group) is 1. The van der Waals surface area contributed by atoms with Crippen LogP contribution in [0.25, 0.3) is 0 Å². The van der Waals surface area contributed by atoms with Crippen molar-refractivity contribution in [2.75, 3.05) is 20.2 Å². The lowest BCUT2D eigenvalue weighted by Gasteiger charge is -2.32. The fraction of sp³-hybridized carbons (Fsp3) is 0.688. The summed E-state index contributed by atoms with van der Waals surface area (Å²) in [5, 5.41) is 17.8. The number of nitriles is 1. The summed E-state index contributed by atoms with van der Waals surface area (Å²) in [5.74, 6) is 0.394. The van der Waals surface area contributed by atoms with E-state index in [2.05, 4.69) is 28.2 Å². The Kier molecular flexibility index (Phi) is 5.51. The summed E-state index contributed by atoms with van der Waals surface area (Å²) in [7, 11) is 2.13. The fourth-order valence-corrected chi connectivity index (χ4v) is 2.90. The second-order valence-corrected chi connectivity index (χ2v) is 5.57. The van der Waals surface area contributed by atoms with Crippen molar-refractivity contribution < 1.29 is 4.74 Å². The maximum atomic E-state index is 9.43. The van der Waals surface area contributed by atoms with Crippen LogP contribution in [-0.4, -0.2) is 41.3 Å². The van der Waals surface area contributed by atoms with Gasteiger partial charge in [-0.05, 0) is 44.8 Å². The van der Waals surface area contributed by atoms with Gasteiger partial charge in [0.05, 0.1) is 5.69 Å². The van der Waals surface area contributed by atoms with Gasteiger partial charge in [-0.25, -0.2) is 0 Å². The van der Waals surface area contributed by atoms with Gasteiger partial charge in [-0.1, -0.05) is 20.3 Å². The minimum Gasteiger partial charge on any atom is -0.474 e. The maximum absolute atomic E-state index is 9.43. The Morgan fingerprint density at radius 2 is 2.10 bits per heavy atom. The Morgan fingerprint density at radius 1 is 1.29 bits per heavy atom. The zero-order valence-corrected chi connectivity index (χ0v) is 13.2. The first-order valence-corrected chi connectivity index (χ1v) is 7.82. The first kappa shape index (κ1) is 15.7. The Morgan fingerprint density at radius 3 is 2.71 bits per heavy atom. The molecule has 0 N–H and O–H groups in total. The van der Waals surface area contributed by atoms with Gasteiger partial charge in [0.25, 0.3) is 5.88 Å². The molecule has 2 heterocycles. The molecular weight excluding hydrogens is 264 g/mol. The van der Waals surface area contributed by atoms with Crippen LogP contribution in [-0.2, 0) is 12.8 Å². The van der Waals surface area contributed by atoms with Crippen LogP contribution in [0.5, 0.6) is 5.88 Å². The van der Waals surface area contributed by atoms with E-state index >= 15 is 0 Å². The summed E-state index contributed by atoms with van der Waals surface area (Å²) in [5.41, 5.74) is 2.43. The Labute approximate surface area is 126 Å². The minimum absolute atomic E-state index is 0.394. The molecule has 0 aromatic carbocycles.